The van der Waals surface area contributed by atoms with Crippen LogP contribution in [0.4, 0.5) is 0 Å². The summed E-state index contributed by atoms with van der Waals surface area (Å²) in [4.78, 5) is 16.1. The summed E-state index contributed by atoms with van der Waals surface area (Å²) in [6.07, 6.45) is 6.33. The maximum absolute atomic E-state index is 11.5. The van der Waals surface area contributed by atoms with E-state index in [4.69, 9.17) is 27.9 Å². The fourth-order valence-corrected chi connectivity index (χ4v) is 5.12. The Morgan fingerprint density at radius 2 is 1.31 bits per heavy atom. The first-order valence-electron chi connectivity index (χ1n) is 13.8. The molecule has 2 aromatic carbocycles. The molecule has 3 saturated heterocycles. The molecule has 218 valence electrons. The molecule has 3 aliphatic heterocycles. The Balaban J connectivity index is 0.000000227. The molecule has 2 aromatic rings. The summed E-state index contributed by atoms with van der Waals surface area (Å²) in [5.41, 5.74) is 2.56. The van der Waals surface area contributed by atoms with E-state index < -0.39 is 0 Å². The number of nitrogens with one attached hydrogen (secondary N) is 2. The number of nitrogens with zero attached hydrogens (tertiary/aromatic N) is 2. The van der Waals surface area contributed by atoms with Crippen molar-refractivity contribution in [2.24, 2.45) is 0 Å². The van der Waals surface area contributed by atoms with Gasteiger partial charge in [0.25, 0.3) is 0 Å². The predicted molar refractivity (Wildman–Crippen MR) is 165 cm³/mol. The fraction of sp³-hybridized carbons (Fsp3) is 0.581. The summed E-state index contributed by atoms with van der Waals surface area (Å²) in [7, 11) is 4.25. The number of halogens is 2. The van der Waals surface area contributed by atoms with Crippen molar-refractivity contribution >= 4 is 29.1 Å². The van der Waals surface area contributed by atoms with Crippen molar-refractivity contribution in [2.75, 3.05) is 60.0 Å². The first kappa shape index (κ1) is 33.5. The van der Waals surface area contributed by atoms with Gasteiger partial charge < -0.3 is 25.2 Å². The molecule has 3 heterocycles. The monoisotopic (exact) mass is 578 g/mol. The molecular formula is C31H48Cl2N4O2. The molecular weight excluding hydrogens is 531 g/mol. The highest BCUT2D eigenvalue weighted by Gasteiger charge is 2.19. The van der Waals surface area contributed by atoms with E-state index in [0.29, 0.717) is 12.5 Å². The molecule has 2 atom stereocenters. The highest BCUT2D eigenvalue weighted by Crippen LogP contribution is 2.13. The van der Waals surface area contributed by atoms with E-state index >= 15 is 0 Å². The van der Waals surface area contributed by atoms with E-state index in [1.165, 1.54) is 36.9 Å². The summed E-state index contributed by atoms with van der Waals surface area (Å²) in [6, 6.07) is 16.7. The van der Waals surface area contributed by atoms with E-state index in [1.807, 2.05) is 36.4 Å². The van der Waals surface area contributed by atoms with Gasteiger partial charge in [-0.2, -0.15) is 0 Å². The van der Waals surface area contributed by atoms with Crippen molar-refractivity contribution in [3.8, 4) is 0 Å². The van der Waals surface area contributed by atoms with E-state index in [0.717, 1.165) is 62.3 Å². The van der Waals surface area contributed by atoms with E-state index in [9.17, 15) is 4.79 Å². The zero-order valence-electron chi connectivity index (χ0n) is 22.9. The Morgan fingerprint density at radius 1 is 0.795 bits per heavy atom. The molecule has 2 N–H and O–H groups in total. The van der Waals surface area contributed by atoms with Gasteiger partial charge in [0.1, 0.15) is 0 Å². The third-order valence-corrected chi connectivity index (χ3v) is 7.42. The minimum absolute atomic E-state index is 0. The quantitative estimate of drug-likeness (QED) is 0.514. The minimum Gasteiger partial charge on any atom is -0.381 e. The van der Waals surface area contributed by atoms with Crippen molar-refractivity contribution in [2.45, 2.75) is 58.0 Å². The Hall–Kier alpha value is -1.67. The number of likely N-dealkylation sites (N-methyl/N-ethyl adjacent to an activating group) is 2. The van der Waals surface area contributed by atoms with Gasteiger partial charge in [0.15, 0.2) is 0 Å². The molecule has 2 unspecified atom stereocenters. The van der Waals surface area contributed by atoms with E-state index in [-0.39, 0.29) is 19.4 Å². The van der Waals surface area contributed by atoms with Gasteiger partial charge in [0.05, 0.1) is 0 Å². The van der Waals surface area contributed by atoms with Gasteiger partial charge >= 0.3 is 0 Å². The number of carbonyl (C=O) groups is 1. The topological polar surface area (TPSA) is 56.8 Å². The number of hydrogen-bond donors (Lipinski definition) is 2. The SMILES string of the molecule is C.C1CCOC1.CN1CCC(=O)NC(Cc2ccc(Cl)cc2)C1.CN1CCCNC(Cc2ccc(Cl)cc2)C1. The van der Waals surface area contributed by atoms with Crippen LogP contribution in [-0.4, -0.2) is 87.8 Å². The molecule has 0 aromatic heterocycles. The van der Waals surface area contributed by atoms with Crippen molar-refractivity contribution in [3.05, 3.63) is 69.7 Å². The van der Waals surface area contributed by atoms with E-state index in [2.05, 4.69) is 46.7 Å². The van der Waals surface area contributed by atoms with Crippen LogP contribution in [0.15, 0.2) is 48.5 Å². The number of rotatable bonds is 4. The second-order valence-corrected chi connectivity index (χ2v) is 11.4. The van der Waals surface area contributed by atoms with Crippen LogP contribution in [0.2, 0.25) is 10.0 Å². The van der Waals surface area contributed by atoms with Crippen LogP contribution in [0.25, 0.3) is 0 Å². The van der Waals surface area contributed by atoms with Gasteiger partial charge in [-0.05, 0) is 94.7 Å². The Labute approximate surface area is 246 Å². The standard InChI is InChI=1S/C13H17ClN2O.C13H19ClN2.C4H8O.CH4/c1-16-7-6-13(17)15-12(9-16)8-10-2-4-11(14)5-3-10;1-16-8-2-7-15-13(10-16)9-11-3-5-12(14)6-4-11;1-2-4-5-3-1;/h2-5,12H,6-9H2,1H3,(H,15,17);3-6,13,15H,2,7-10H2,1H3;1-4H2;1H4. The summed E-state index contributed by atoms with van der Waals surface area (Å²) in [6.45, 7) is 7.19. The minimum atomic E-state index is 0. The van der Waals surface area contributed by atoms with Gasteiger partial charge in [-0.15, -0.1) is 0 Å². The normalized spacial score (nSPS) is 22.1. The second kappa shape index (κ2) is 18.6. The van der Waals surface area contributed by atoms with Crippen LogP contribution in [0.5, 0.6) is 0 Å². The second-order valence-electron chi connectivity index (χ2n) is 10.5. The summed E-state index contributed by atoms with van der Waals surface area (Å²) in [5.74, 6) is 0.147. The number of carbonyl (C=O) groups excluding carboxylic acids is 1. The van der Waals surface area contributed by atoms with E-state index in [1.54, 1.807) is 0 Å². The van der Waals surface area contributed by atoms with Crippen LogP contribution in [0.1, 0.15) is 44.2 Å². The first-order valence-corrected chi connectivity index (χ1v) is 14.6. The Kier molecular flexibility index (Phi) is 16.0. The largest absolute Gasteiger partial charge is 0.381 e. The lowest BCUT2D eigenvalue weighted by molar-refractivity contribution is -0.121. The molecule has 0 saturated carbocycles. The lowest BCUT2D eigenvalue weighted by Crippen LogP contribution is -2.39. The average Bonchev–Trinajstić information content (AvgIpc) is 3.36. The third-order valence-electron chi connectivity index (χ3n) is 6.92. The van der Waals surface area contributed by atoms with Crippen LogP contribution in [-0.2, 0) is 22.4 Å². The summed E-state index contributed by atoms with van der Waals surface area (Å²) < 4.78 is 4.94. The number of amides is 1. The maximum Gasteiger partial charge on any atom is 0.221 e. The van der Waals surface area contributed by atoms with Crippen LogP contribution in [0, 0.1) is 0 Å². The number of ether oxygens (including phenoxy) is 1. The summed E-state index contributed by atoms with van der Waals surface area (Å²) >= 11 is 11.7. The summed E-state index contributed by atoms with van der Waals surface area (Å²) in [5, 5.41) is 8.22. The number of hydrogen-bond acceptors (Lipinski definition) is 5. The number of benzene rings is 2. The molecule has 5 rings (SSSR count). The molecule has 39 heavy (non-hydrogen) atoms. The van der Waals surface area contributed by atoms with Gasteiger partial charge in [0, 0.05) is 61.4 Å². The molecule has 0 radical (unpaired) electrons. The van der Waals surface area contributed by atoms with Crippen molar-refractivity contribution in [3.63, 3.8) is 0 Å². The smallest absolute Gasteiger partial charge is 0.221 e. The van der Waals surface area contributed by atoms with Gasteiger partial charge in [-0.25, -0.2) is 0 Å². The van der Waals surface area contributed by atoms with Crippen molar-refractivity contribution < 1.29 is 9.53 Å². The van der Waals surface area contributed by atoms with Crippen LogP contribution < -0.4 is 10.6 Å². The average molecular weight is 580 g/mol. The lowest BCUT2D eigenvalue weighted by atomic mass is 10.1. The third kappa shape index (κ3) is 14.0. The lowest BCUT2D eigenvalue weighted by Gasteiger charge is -2.20. The predicted octanol–water partition coefficient (Wildman–Crippen LogP) is 5.31. The zero-order valence-corrected chi connectivity index (χ0v) is 24.4. The van der Waals surface area contributed by atoms with Gasteiger partial charge in [-0.3, -0.25) is 4.79 Å². The van der Waals surface area contributed by atoms with Crippen LogP contribution >= 0.6 is 23.2 Å². The molecule has 1 amide bonds. The first-order chi connectivity index (χ1) is 18.4. The maximum atomic E-state index is 11.5. The molecule has 6 nitrogen and oxygen atoms in total. The molecule has 0 spiro atoms. The Morgan fingerprint density at radius 3 is 1.85 bits per heavy atom. The highest BCUT2D eigenvalue weighted by molar-refractivity contribution is 6.30. The van der Waals surface area contributed by atoms with Gasteiger partial charge in [-0.1, -0.05) is 54.9 Å². The molecule has 3 fully saturated rings. The molecule has 0 aliphatic carbocycles. The fourth-order valence-electron chi connectivity index (χ4n) is 4.87. The highest BCUT2D eigenvalue weighted by atomic mass is 35.5. The van der Waals surface area contributed by atoms with Crippen molar-refractivity contribution in [1.29, 1.82) is 0 Å². The molecule has 3 aliphatic rings. The zero-order chi connectivity index (χ0) is 27.2. The molecule has 8 heteroatoms. The molecule has 0 bridgehead atoms. The van der Waals surface area contributed by atoms with Crippen LogP contribution in [0.3, 0.4) is 0 Å². The van der Waals surface area contributed by atoms with Gasteiger partial charge in [0.2, 0.25) is 5.91 Å². The Bertz CT molecular complexity index is 931. The van der Waals surface area contributed by atoms with Crippen molar-refractivity contribution in [1.82, 2.24) is 20.4 Å².